The van der Waals surface area contributed by atoms with E-state index in [1.165, 1.54) is 6.07 Å². The molecule has 0 saturated carbocycles. The molecule has 1 aliphatic rings. The number of carboxylic acids is 1. The molecule has 1 fully saturated rings. The third-order valence-corrected chi connectivity index (χ3v) is 2.73. The monoisotopic (exact) mass is 248 g/mol. The van der Waals surface area contributed by atoms with E-state index in [-0.39, 0.29) is 24.1 Å². The summed E-state index contributed by atoms with van der Waals surface area (Å²) in [5.41, 5.74) is 0.308. The standard InChI is InChI=1S/C12H12N2O4/c15-10-5-2-6-11(16)14(10)7-8-3-1-4-9(13-8)12(17)18/h1,3-4H,2,5-7H2,(H,17,18). The molecule has 6 heteroatoms. The number of carbonyl (C=O) groups is 3. The van der Waals surface area contributed by atoms with Crippen molar-refractivity contribution in [3.63, 3.8) is 0 Å². The Hall–Kier alpha value is -2.24. The van der Waals surface area contributed by atoms with Gasteiger partial charge in [0.25, 0.3) is 0 Å². The van der Waals surface area contributed by atoms with Gasteiger partial charge in [0.15, 0.2) is 0 Å². The molecular formula is C12H12N2O4. The molecule has 0 unspecified atom stereocenters. The van der Waals surface area contributed by atoms with Gasteiger partial charge in [0.2, 0.25) is 11.8 Å². The number of aromatic carboxylic acids is 1. The first-order valence-corrected chi connectivity index (χ1v) is 5.60. The second-order valence-corrected chi connectivity index (χ2v) is 4.05. The van der Waals surface area contributed by atoms with Gasteiger partial charge in [-0.15, -0.1) is 0 Å². The lowest BCUT2D eigenvalue weighted by molar-refractivity contribution is -0.148. The van der Waals surface area contributed by atoms with Gasteiger partial charge in [0.1, 0.15) is 5.69 Å². The highest BCUT2D eigenvalue weighted by Crippen LogP contribution is 2.15. The third kappa shape index (κ3) is 2.53. The molecule has 1 aliphatic heterocycles. The maximum atomic E-state index is 11.6. The summed E-state index contributed by atoms with van der Waals surface area (Å²) in [6.07, 6.45) is 1.28. The smallest absolute Gasteiger partial charge is 0.354 e. The predicted octanol–water partition coefficient (Wildman–Crippen LogP) is 0.819. The number of amides is 2. The summed E-state index contributed by atoms with van der Waals surface area (Å²) in [4.78, 5) is 39.0. The number of aromatic nitrogens is 1. The van der Waals surface area contributed by atoms with E-state index in [0.717, 1.165) is 4.90 Å². The van der Waals surface area contributed by atoms with Crippen LogP contribution in [0.5, 0.6) is 0 Å². The molecule has 18 heavy (non-hydrogen) atoms. The van der Waals surface area contributed by atoms with Crippen molar-refractivity contribution in [3.05, 3.63) is 29.6 Å². The predicted molar refractivity (Wildman–Crippen MR) is 60.6 cm³/mol. The van der Waals surface area contributed by atoms with Crippen molar-refractivity contribution >= 4 is 17.8 Å². The lowest BCUT2D eigenvalue weighted by Crippen LogP contribution is -2.39. The molecule has 2 rings (SSSR count). The van der Waals surface area contributed by atoms with Crippen LogP contribution in [0.2, 0.25) is 0 Å². The van der Waals surface area contributed by atoms with Crippen LogP contribution < -0.4 is 0 Å². The van der Waals surface area contributed by atoms with Crippen LogP contribution in [0, 0.1) is 0 Å². The highest BCUT2D eigenvalue weighted by molar-refractivity contribution is 5.97. The van der Waals surface area contributed by atoms with Crippen LogP contribution in [0.15, 0.2) is 18.2 Å². The van der Waals surface area contributed by atoms with Gasteiger partial charge in [-0.25, -0.2) is 9.78 Å². The van der Waals surface area contributed by atoms with Gasteiger partial charge < -0.3 is 5.11 Å². The van der Waals surface area contributed by atoms with Crippen LogP contribution in [-0.4, -0.2) is 32.8 Å². The Morgan fingerprint density at radius 2 is 1.94 bits per heavy atom. The summed E-state index contributed by atoms with van der Waals surface area (Å²) in [5, 5.41) is 8.81. The molecule has 94 valence electrons. The van der Waals surface area contributed by atoms with Crippen molar-refractivity contribution in [1.82, 2.24) is 9.88 Å². The van der Waals surface area contributed by atoms with Crippen molar-refractivity contribution < 1.29 is 19.5 Å². The van der Waals surface area contributed by atoms with Crippen LogP contribution in [0.1, 0.15) is 35.4 Å². The molecule has 2 heterocycles. The normalized spacial score (nSPS) is 15.9. The van der Waals surface area contributed by atoms with E-state index in [4.69, 9.17) is 5.11 Å². The van der Waals surface area contributed by atoms with Crippen molar-refractivity contribution in [2.24, 2.45) is 0 Å². The summed E-state index contributed by atoms with van der Waals surface area (Å²) in [7, 11) is 0. The zero-order chi connectivity index (χ0) is 13.1. The quantitative estimate of drug-likeness (QED) is 0.800. The molecule has 0 spiro atoms. The van der Waals surface area contributed by atoms with Gasteiger partial charge in [0.05, 0.1) is 12.2 Å². The molecule has 1 aromatic heterocycles. The van der Waals surface area contributed by atoms with E-state index in [0.29, 0.717) is 25.0 Å². The second kappa shape index (κ2) is 4.95. The number of hydrogen-bond acceptors (Lipinski definition) is 4. The number of piperidine rings is 1. The first kappa shape index (κ1) is 12.2. The van der Waals surface area contributed by atoms with Crippen LogP contribution in [0.3, 0.4) is 0 Å². The largest absolute Gasteiger partial charge is 0.477 e. The van der Waals surface area contributed by atoms with E-state index < -0.39 is 5.97 Å². The molecule has 1 N–H and O–H groups in total. The fourth-order valence-corrected chi connectivity index (χ4v) is 1.82. The average Bonchev–Trinajstić information content (AvgIpc) is 2.34. The fraction of sp³-hybridized carbons (Fsp3) is 0.333. The molecule has 6 nitrogen and oxygen atoms in total. The highest BCUT2D eigenvalue weighted by Gasteiger charge is 2.26. The minimum Gasteiger partial charge on any atom is -0.477 e. The minimum absolute atomic E-state index is 0.0405. The number of carbonyl (C=O) groups excluding carboxylic acids is 2. The number of rotatable bonds is 3. The zero-order valence-electron chi connectivity index (χ0n) is 9.63. The third-order valence-electron chi connectivity index (χ3n) is 2.73. The summed E-state index contributed by atoms with van der Waals surface area (Å²) in [6.45, 7) is 0.0405. The molecule has 0 aromatic carbocycles. The zero-order valence-corrected chi connectivity index (χ0v) is 9.63. The van der Waals surface area contributed by atoms with Crippen LogP contribution in [-0.2, 0) is 16.1 Å². The molecule has 0 aliphatic carbocycles. The van der Waals surface area contributed by atoms with E-state index in [2.05, 4.69) is 4.98 Å². The van der Waals surface area contributed by atoms with Gasteiger partial charge in [-0.2, -0.15) is 0 Å². The van der Waals surface area contributed by atoms with Gasteiger partial charge >= 0.3 is 5.97 Å². The molecule has 0 bridgehead atoms. The lowest BCUT2D eigenvalue weighted by atomic mass is 10.1. The van der Waals surface area contributed by atoms with E-state index in [1.807, 2.05) is 0 Å². The van der Waals surface area contributed by atoms with Crippen molar-refractivity contribution in [2.75, 3.05) is 0 Å². The van der Waals surface area contributed by atoms with Crippen LogP contribution in [0.25, 0.3) is 0 Å². The number of nitrogens with zero attached hydrogens (tertiary/aromatic N) is 2. The molecule has 0 radical (unpaired) electrons. The highest BCUT2D eigenvalue weighted by atomic mass is 16.4. The average molecular weight is 248 g/mol. The topological polar surface area (TPSA) is 87.6 Å². The van der Waals surface area contributed by atoms with Crippen molar-refractivity contribution in [1.29, 1.82) is 0 Å². The van der Waals surface area contributed by atoms with Crippen molar-refractivity contribution in [2.45, 2.75) is 25.8 Å². The van der Waals surface area contributed by atoms with Gasteiger partial charge in [-0.05, 0) is 18.6 Å². The second-order valence-electron chi connectivity index (χ2n) is 4.05. The van der Waals surface area contributed by atoms with E-state index in [1.54, 1.807) is 12.1 Å². The van der Waals surface area contributed by atoms with E-state index >= 15 is 0 Å². The summed E-state index contributed by atoms with van der Waals surface area (Å²) >= 11 is 0. The van der Waals surface area contributed by atoms with Gasteiger partial charge in [0, 0.05) is 12.8 Å². The molecule has 2 amide bonds. The minimum atomic E-state index is -1.13. The first-order valence-electron chi connectivity index (χ1n) is 5.60. The first-order chi connectivity index (χ1) is 8.58. The van der Waals surface area contributed by atoms with Gasteiger partial charge in [-0.1, -0.05) is 6.07 Å². The Kier molecular flexibility index (Phi) is 3.36. The van der Waals surface area contributed by atoms with Crippen LogP contribution in [0.4, 0.5) is 0 Å². The van der Waals surface area contributed by atoms with Gasteiger partial charge in [-0.3, -0.25) is 14.5 Å². The Balaban J connectivity index is 2.17. The Morgan fingerprint density at radius 3 is 2.56 bits per heavy atom. The lowest BCUT2D eigenvalue weighted by Gasteiger charge is -2.24. The Morgan fingerprint density at radius 1 is 1.28 bits per heavy atom. The number of carboxylic acid groups (broad SMARTS) is 1. The molecule has 0 atom stereocenters. The SMILES string of the molecule is O=C(O)c1cccc(CN2C(=O)CCCC2=O)n1. The fourth-order valence-electron chi connectivity index (χ4n) is 1.82. The van der Waals surface area contributed by atoms with Crippen LogP contribution >= 0.6 is 0 Å². The summed E-state index contributed by atoms with van der Waals surface area (Å²) < 4.78 is 0. The van der Waals surface area contributed by atoms with E-state index in [9.17, 15) is 14.4 Å². The number of pyridine rings is 1. The summed E-state index contributed by atoms with van der Waals surface area (Å²) in [6, 6.07) is 4.51. The molecule has 1 saturated heterocycles. The number of imide groups is 1. The Bertz CT molecular complexity index is 497. The molecule has 1 aromatic rings. The maximum Gasteiger partial charge on any atom is 0.354 e. The Labute approximate surface area is 103 Å². The van der Waals surface area contributed by atoms with Crippen molar-refractivity contribution in [3.8, 4) is 0 Å². The number of likely N-dealkylation sites (tertiary alicyclic amines) is 1. The summed E-state index contributed by atoms with van der Waals surface area (Å²) in [5.74, 6) is -1.59. The maximum absolute atomic E-state index is 11.6. The number of hydrogen-bond donors (Lipinski definition) is 1. The molecular weight excluding hydrogens is 236 g/mol.